The van der Waals surface area contributed by atoms with Gasteiger partial charge in [-0.3, -0.25) is 24.1 Å². The highest BCUT2D eigenvalue weighted by atomic mass is 35.5. The Morgan fingerprint density at radius 3 is 2.38 bits per heavy atom. The SMILES string of the molecule is O=C(COC(=O)CCN1C(=O)[C@@H]2[C@H]3CC[C@@H](C3)[C@H]2C1=O)Nc1ccc(Cl)cc1Cl. The van der Waals surface area contributed by atoms with E-state index in [4.69, 9.17) is 27.9 Å². The van der Waals surface area contributed by atoms with Crippen LogP contribution in [0, 0.1) is 23.7 Å². The van der Waals surface area contributed by atoms with Gasteiger partial charge in [0.25, 0.3) is 5.91 Å². The maximum absolute atomic E-state index is 12.6. The van der Waals surface area contributed by atoms with Gasteiger partial charge < -0.3 is 10.1 Å². The first-order valence-corrected chi connectivity index (χ1v) is 10.4. The summed E-state index contributed by atoms with van der Waals surface area (Å²) in [6.45, 7) is -0.497. The third-order valence-corrected chi connectivity index (χ3v) is 6.68. The van der Waals surface area contributed by atoms with Crippen molar-refractivity contribution in [2.45, 2.75) is 25.7 Å². The fourth-order valence-electron chi connectivity index (χ4n) is 4.89. The molecule has 4 atom stereocenters. The Bertz CT molecular complexity index is 862. The number of hydrogen-bond donors (Lipinski definition) is 1. The average molecular weight is 439 g/mol. The van der Waals surface area contributed by atoms with E-state index in [0.717, 1.165) is 19.3 Å². The van der Waals surface area contributed by atoms with Crippen molar-refractivity contribution in [3.8, 4) is 0 Å². The molecule has 0 spiro atoms. The Labute approximate surface area is 177 Å². The Hall–Kier alpha value is -2.12. The first-order chi connectivity index (χ1) is 13.8. The molecule has 7 nitrogen and oxygen atoms in total. The summed E-state index contributed by atoms with van der Waals surface area (Å²) in [6.07, 6.45) is 2.84. The minimum Gasteiger partial charge on any atom is -0.456 e. The van der Waals surface area contributed by atoms with Crippen LogP contribution in [0.5, 0.6) is 0 Å². The highest BCUT2D eigenvalue weighted by Crippen LogP contribution is 2.56. The van der Waals surface area contributed by atoms with Crippen molar-refractivity contribution in [1.29, 1.82) is 0 Å². The minimum atomic E-state index is -0.650. The van der Waals surface area contributed by atoms with Crippen LogP contribution < -0.4 is 5.32 Å². The van der Waals surface area contributed by atoms with Crippen LogP contribution in [0.2, 0.25) is 10.0 Å². The van der Waals surface area contributed by atoms with Gasteiger partial charge in [-0.2, -0.15) is 0 Å². The summed E-state index contributed by atoms with van der Waals surface area (Å²) in [5, 5.41) is 3.22. The number of anilines is 1. The fourth-order valence-corrected chi connectivity index (χ4v) is 5.35. The second-order valence-corrected chi connectivity index (χ2v) is 8.64. The lowest BCUT2D eigenvalue weighted by Gasteiger charge is -2.19. The number of rotatable bonds is 6. The molecule has 9 heteroatoms. The molecule has 3 amide bonds. The van der Waals surface area contributed by atoms with Gasteiger partial charge in [0.15, 0.2) is 6.61 Å². The number of nitrogens with zero attached hydrogens (tertiary/aromatic N) is 1. The predicted octanol–water partition coefficient (Wildman–Crippen LogP) is 2.90. The van der Waals surface area contributed by atoms with Crippen molar-refractivity contribution in [3.63, 3.8) is 0 Å². The normalized spacial score (nSPS) is 27.3. The number of carbonyl (C=O) groups is 4. The van der Waals surface area contributed by atoms with E-state index in [0.29, 0.717) is 22.5 Å². The highest BCUT2D eigenvalue weighted by molar-refractivity contribution is 6.36. The fraction of sp³-hybridized carbons (Fsp3) is 0.500. The topological polar surface area (TPSA) is 92.8 Å². The van der Waals surface area contributed by atoms with E-state index in [1.165, 1.54) is 11.0 Å². The number of ether oxygens (including phenoxy) is 1. The van der Waals surface area contributed by atoms with Gasteiger partial charge in [0.1, 0.15) is 0 Å². The summed E-state index contributed by atoms with van der Waals surface area (Å²) in [7, 11) is 0. The van der Waals surface area contributed by atoms with Crippen molar-refractivity contribution in [3.05, 3.63) is 28.2 Å². The molecule has 154 valence electrons. The van der Waals surface area contributed by atoms with Gasteiger partial charge in [-0.1, -0.05) is 23.2 Å². The van der Waals surface area contributed by atoms with E-state index >= 15 is 0 Å². The van der Waals surface area contributed by atoms with Crippen molar-refractivity contribution in [2.24, 2.45) is 23.7 Å². The van der Waals surface area contributed by atoms with Crippen LogP contribution in [0.15, 0.2) is 18.2 Å². The van der Waals surface area contributed by atoms with Crippen LogP contribution >= 0.6 is 23.2 Å². The molecular weight excluding hydrogens is 419 g/mol. The molecule has 0 radical (unpaired) electrons. The van der Waals surface area contributed by atoms with Gasteiger partial charge in [-0.05, 0) is 49.3 Å². The predicted molar refractivity (Wildman–Crippen MR) is 105 cm³/mol. The quantitative estimate of drug-likeness (QED) is 0.544. The van der Waals surface area contributed by atoms with E-state index in [2.05, 4.69) is 5.32 Å². The van der Waals surface area contributed by atoms with E-state index in [9.17, 15) is 19.2 Å². The van der Waals surface area contributed by atoms with Crippen LogP contribution in [-0.2, 0) is 23.9 Å². The lowest BCUT2D eigenvalue weighted by molar-refractivity contribution is -0.149. The van der Waals surface area contributed by atoms with E-state index < -0.39 is 18.5 Å². The zero-order valence-corrected chi connectivity index (χ0v) is 17.0. The number of hydrogen-bond acceptors (Lipinski definition) is 5. The largest absolute Gasteiger partial charge is 0.456 e. The molecule has 1 saturated heterocycles. The van der Waals surface area contributed by atoms with Crippen molar-refractivity contribution in [2.75, 3.05) is 18.5 Å². The Kier molecular flexibility index (Phi) is 5.53. The van der Waals surface area contributed by atoms with Gasteiger partial charge in [0.2, 0.25) is 11.8 Å². The smallest absolute Gasteiger partial charge is 0.308 e. The summed E-state index contributed by atoms with van der Waals surface area (Å²) in [6, 6.07) is 4.59. The second kappa shape index (κ2) is 7.95. The van der Waals surface area contributed by atoms with Crippen molar-refractivity contribution < 1.29 is 23.9 Å². The number of halogens is 2. The van der Waals surface area contributed by atoms with E-state index in [1.807, 2.05) is 0 Å². The number of nitrogens with one attached hydrogen (secondary N) is 1. The molecule has 1 aliphatic heterocycles. The number of esters is 1. The maximum atomic E-state index is 12.6. The third kappa shape index (κ3) is 3.85. The molecule has 1 N–H and O–H groups in total. The number of fused-ring (bicyclic) bond motifs is 5. The van der Waals surface area contributed by atoms with Gasteiger partial charge >= 0.3 is 5.97 Å². The first kappa shape index (κ1) is 20.2. The van der Waals surface area contributed by atoms with Gasteiger partial charge in [0.05, 0.1) is 29.0 Å². The Morgan fingerprint density at radius 2 is 1.76 bits per heavy atom. The molecule has 2 bridgehead atoms. The summed E-state index contributed by atoms with van der Waals surface area (Å²) >= 11 is 11.8. The van der Waals surface area contributed by atoms with Gasteiger partial charge in [-0.15, -0.1) is 0 Å². The number of benzene rings is 1. The zero-order valence-electron chi connectivity index (χ0n) is 15.5. The third-order valence-electron chi connectivity index (χ3n) is 6.13. The lowest BCUT2D eigenvalue weighted by Crippen LogP contribution is -2.35. The summed E-state index contributed by atoms with van der Waals surface area (Å²) in [5.74, 6) is -1.31. The molecule has 4 rings (SSSR count). The second-order valence-electron chi connectivity index (χ2n) is 7.80. The molecule has 2 aliphatic carbocycles. The maximum Gasteiger partial charge on any atom is 0.308 e. The summed E-state index contributed by atoms with van der Waals surface area (Å²) in [4.78, 5) is 50.3. The summed E-state index contributed by atoms with van der Waals surface area (Å²) in [5.41, 5.74) is 0.353. The number of carbonyl (C=O) groups excluding carboxylic acids is 4. The van der Waals surface area contributed by atoms with E-state index in [-0.39, 0.29) is 41.6 Å². The Balaban J connectivity index is 1.24. The van der Waals surface area contributed by atoms with Gasteiger partial charge in [-0.25, -0.2) is 0 Å². The molecule has 29 heavy (non-hydrogen) atoms. The molecular formula is C20H20Cl2N2O5. The van der Waals surface area contributed by atoms with Crippen LogP contribution in [-0.4, -0.2) is 41.7 Å². The van der Waals surface area contributed by atoms with Crippen LogP contribution in [0.3, 0.4) is 0 Å². The minimum absolute atomic E-state index is 0.00638. The molecule has 1 aromatic rings. The first-order valence-electron chi connectivity index (χ1n) is 9.61. The molecule has 0 unspecified atom stereocenters. The molecule has 1 heterocycles. The van der Waals surface area contributed by atoms with Crippen molar-refractivity contribution >= 4 is 52.6 Å². The van der Waals surface area contributed by atoms with Crippen LogP contribution in [0.1, 0.15) is 25.7 Å². The standard InChI is InChI=1S/C20H20Cl2N2O5/c21-12-3-4-14(13(22)8-12)23-15(25)9-29-16(26)5-6-24-19(27)17-10-1-2-11(7-10)18(17)20(24)28/h3-4,8,10-11,17-18H,1-2,5-7,9H2,(H,23,25)/t10-,11-,17+,18+/m0/s1. The molecule has 1 aromatic carbocycles. The average Bonchev–Trinajstić information content (AvgIpc) is 3.35. The number of likely N-dealkylation sites (tertiary alicyclic amines) is 1. The molecule has 3 aliphatic rings. The zero-order chi connectivity index (χ0) is 20.7. The monoisotopic (exact) mass is 438 g/mol. The van der Waals surface area contributed by atoms with Crippen LogP contribution in [0.4, 0.5) is 5.69 Å². The van der Waals surface area contributed by atoms with Crippen molar-refractivity contribution in [1.82, 2.24) is 4.90 Å². The number of imide groups is 1. The Morgan fingerprint density at radius 1 is 1.10 bits per heavy atom. The number of amides is 3. The van der Waals surface area contributed by atoms with E-state index in [1.54, 1.807) is 12.1 Å². The van der Waals surface area contributed by atoms with Crippen LogP contribution in [0.25, 0.3) is 0 Å². The lowest BCUT2D eigenvalue weighted by atomic mass is 9.81. The van der Waals surface area contributed by atoms with Gasteiger partial charge in [0, 0.05) is 11.6 Å². The molecule has 0 aromatic heterocycles. The molecule has 3 fully saturated rings. The highest BCUT2D eigenvalue weighted by Gasteiger charge is 2.60. The molecule has 2 saturated carbocycles. The summed E-state index contributed by atoms with van der Waals surface area (Å²) < 4.78 is 4.95.